The number of aromatic nitrogens is 1. The summed E-state index contributed by atoms with van der Waals surface area (Å²) >= 11 is 0. The molecule has 0 bridgehead atoms. The summed E-state index contributed by atoms with van der Waals surface area (Å²) in [5, 5.41) is 10.2. The minimum Gasteiger partial charge on any atom is -0.478 e. The van der Waals surface area contributed by atoms with E-state index < -0.39 is 5.97 Å². The average molecular weight is 274 g/mol. The predicted octanol–water partition coefficient (Wildman–Crippen LogP) is 2.95. The molecule has 1 aromatic heterocycles. The number of hydrogen-bond donors (Lipinski definition) is 2. The Morgan fingerprint density at radius 3 is 2.75 bits per heavy atom. The maximum atomic E-state index is 11.1. The van der Waals surface area contributed by atoms with Gasteiger partial charge < -0.3 is 15.4 Å². The fourth-order valence-electron chi connectivity index (χ4n) is 2.75. The highest BCUT2D eigenvalue weighted by Gasteiger charge is 2.15. The smallest absolute Gasteiger partial charge is 0.335 e. The van der Waals surface area contributed by atoms with E-state index in [1.54, 1.807) is 12.1 Å². The summed E-state index contributed by atoms with van der Waals surface area (Å²) in [4.78, 5) is 11.1. The van der Waals surface area contributed by atoms with Gasteiger partial charge in [0.2, 0.25) is 0 Å². The molecule has 0 saturated carbocycles. The molecule has 0 saturated heterocycles. The van der Waals surface area contributed by atoms with Gasteiger partial charge in [-0.1, -0.05) is 13.3 Å². The lowest BCUT2D eigenvalue weighted by molar-refractivity contribution is 0.0697. The summed E-state index contributed by atoms with van der Waals surface area (Å²) in [5.74, 6) is -0.885. The van der Waals surface area contributed by atoms with Crippen molar-refractivity contribution >= 4 is 16.9 Å². The van der Waals surface area contributed by atoms with Crippen molar-refractivity contribution in [2.24, 2.45) is 5.73 Å². The summed E-state index contributed by atoms with van der Waals surface area (Å²) in [6.07, 6.45) is 3.04. The minimum absolute atomic E-state index is 0.336. The molecular weight excluding hydrogens is 252 g/mol. The van der Waals surface area contributed by atoms with E-state index >= 15 is 0 Å². The van der Waals surface area contributed by atoms with E-state index in [9.17, 15) is 4.79 Å². The lowest BCUT2D eigenvalue weighted by Crippen LogP contribution is -2.05. The number of fused-ring (bicyclic) bond motifs is 1. The fourth-order valence-corrected chi connectivity index (χ4v) is 2.75. The van der Waals surface area contributed by atoms with Crippen LogP contribution in [0.3, 0.4) is 0 Å². The average Bonchev–Trinajstić information content (AvgIpc) is 2.69. The van der Waals surface area contributed by atoms with E-state index in [-0.39, 0.29) is 0 Å². The van der Waals surface area contributed by atoms with Gasteiger partial charge in [0.15, 0.2) is 0 Å². The fraction of sp³-hybridized carbons (Fsp3) is 0.438. The summed E-state index contributed by atoms with van der Waals surface area (Å²) in [7, 11) is 0. The first kappa shape index (κ1) is 14.6. The van der Waals surface area contributed by atoms with Gasteiger partial charge in [0.1, 0.15) is 0 Å². The molecule has 1 heterocycles. The van der Waals surface area contributed by atoms with Crippen molar-refractivity contribution in [3.05, 3.63) is 35.0 Å². The lowest BCUT2D eigenvalue weighted by atomic mass is 10.1. The molecule has 4 heteroatoms. The molecule has 1 aromatic carbocycles. The highest BCUT2D eigenvalue weighted by molar-refractivity contribution is 5.95. The molecule has 0 aliphatic rings. The molecule has 4 nitrogen and oxygen atoms in total. The van der Waals surface area contributed by atoms with Crippen LogP contribution in [-0.4, -0.2) is 22.2 Å². The van der Waals surface area contributed by atoms with Gasteiger partial charge in [0.25, 0.3) is 0 Å². The van der Waals surface area contributed by atoms with Crippen LogP contribution in [0.1, 0.15) is 41.4 Å². The number of carboxylic acid groups (broad SMARTS) is 1. The zero-order valence-corrected chi connectivity index (χ0v) is 12.1. The van der Waals surface area contributed by atoms with Crippen molar-refractivity contribution < 1.29 is 9.90 Å². The number of unbranched alkanes of at least 4 members (excludes halogenated alkanes) is 1. The Morgan fingerprint density at radius 2 is 2.15 bits per heavy atom. The van der Waals surface area contributed by atoms with Gasteiger partial charge >= 0.3 is 5.97 Å². The van der Waals surface area contributed by atoms with Crippen molar-refractivity contribution in [1.82, 2.24) is 4.57 Å². The first-order valence-electron chi connectivity index (χ1n) is 7.15. The molecule has 2 rings (SSSR count). The minimum atomic E-state index is -0.885. The number of hydrogen-bond acceptors (Lipinski definition) is 2. The molecular formula is C16H22N2O2. The van der Waals surface area contributed by atoms with E-state index in [1.165, 1.54) is 11.3 Å². The number of aromatic carboxylic acids is 1. The number of nitrogens with zero attached hydrogens (tertiary/aromatic N) is 1. The van der Waals surface area contributed by atoms with Crippen molar-refractivity contribution in [2.75, 3.05) is 6.54 Å². The van der Waals surface area contributed by atoms with Crippen LogP contribution in [0.2, 0.25) is 0 Å². The third-order valence-electron chi connectivity index (χ3n) is 3.83. The van der Waals surface area contributed by atoms with Crippen LogP contribution in [0.4, 0.5) is 0 Å². The highest BCUT2D eigenvalue weighted by Crippen LogP contribution is 2.28. The molecule has 2 aromatic rings. The molecule has 20 heavy (non-hydrogen) atoms. The summed E-state index contributed by atoms with van der Waals surface area (Å²) < 4.78 is 2.29. The Balaban J connectivity index is 2.62. The standard InChI is InChI=1S/C16H22N2O2/c1-3-4-9-18-11(2)13(7-8-17)14-10-12(16(19)20)5-6-15(14)18/h5-6,10H,3-4,7-9,17H2,1-2H3,(H,19,20). The van der Waals surface area contributed by atoms with Crippen molar-refractivity contribution in [3.8, 4) is 0 Å². The summed E-state index contributed by atoms with van der Waals surface area (Å²) in [6, 6.07) is 5.37. The first-order chi connectivity index (χ1) is 9.60. The van der Waals surface area contributed by atoms with Gasteiger partial charge in [-0.25, -0.2) is 4.79 Å². The molecule has 0 unspecified atom stereocenters. The SMILES string of the molecule is CCCCn1c(C)c(CCN)c2cc(C(=O)O)ccc21. The van der Waals surface area contributed by atoms with Gasteiger partial charge in [-0.3, -0.25) is 0 Å². The zero-order chi connectivity index (χ0) is 14.7. The molecule has 3 N–H and O–H groups in total. The Labute approximate surface area is 119 Å². The third-order valence-corrected chi connectivity index (χ3v) is 3.83. The number of aryl methyl sites for hydroxylation is 1. The molecule has 0 aliphatic heterocycles. The monoisotopic (exact) mass is 274 g/mol. The highest BCUT2D eigenvalue weighted by atomic mass is 16.4. The second-order valence-corrected chi connectivity index (χ2v) is 5.14. The normalized spacial score (nSPS) is 11.2. The largest absolute Gasteiger partial charge is 0.478 e. The maximum absolute atomic E-state index is 11.1. The van der Waals surface area contributed by atoms with Gasteiger partial charge in [0.05, 0.1) is 5.56 Å². The number of nitrogens with two attached hydrogens (primary N) is 1. The molecule has 0 spiro atoms. The van der Waals surface area contributed by atoms with Gasteiger partial charge in [0, 0.05) is 23.1 Å². The van der Waals surface area contributed by atoms with Gasteiger partial charge in [-0.05, 0) is 50.1 Å². The second kappa shape index (κ2) is 6.09. The number of carboxylic acids is 1. The van der Waals surface area contributed by atoms with Crippen LogP contribution in [-0.2, 0) is 13.0 Å². The zero-order valence-electron chi connectivity index (χ0n) is 12.1. The third kappa shape index (κ3) is 2.56. The van der Waals surface area contributed by atoms with E-state index in [2.05, 4.69) is 18.4 Å². The second-order valence-electron chi connectivity index (χ2n) is 5.14. The van der Waals surface area contributed by atoms with Crippen molar-refractivity contribution in [2.45, 2.75) is 39.7 Å². The van der Waals surface area contributed by atoms with E-state index in [4.69, 9.17) is 10.8 Å². The predicted molar refractivity (Wildman–Crippen MR) is 81.3 cm³/mol. The van der Waals surface area contributed by atoms with E-state index in [0.717, 1.165) is 36.7 Å². The van der Waals surface area contributed by atoms with Crippen molar-refractivity contribution in [3.63, 3.8) is 0 Å². The Kier molecular flexibility index (Phi) is 4.45. The van der Waals surface area contributed by atoms with Crippen LogP contribution in [0.15, 0.2) is 18.2 Å². The Hall–Kier alpha value is -1.81. The van der Waals surface area contributed by atoms with Crippen LogP contribution in [0.5, 0.6) is 0 Å². The molecule has 108 valence electrons. The number of carbonyl (C=O) groups is 1. The van der Waals surface area contributed by atoms with Crippen LogP contribution < -0.4 is 5.73 Å². The van der Waals surface area contributed by atoms with Gasteiger partial charge in [-0.2, -0.15) is 0 Å². The van der Waals surface area contributed by atoms with E-state index in [1.807, 2.05) is 6.07 Å². The topological polar surface area (TPSA) is 68.2 Å². The lowest BCUT2D eigenvalue weighted by Gasteiger charge is -2.07. The molecule has 0 fully saturated rings. The Bertz CT molecular complexity index is 629. The van der Waals surface area contributed by atoms with Crippen molar-refractivity contribution in [1.29, 1.82) is 0 Å². The maximum Gasteiger partial charge on any atom is 0.335 e. The molecule has 0 atom stereocenters. The number of benzene rings is 1. The number of rotatable bonds is 6. The first-order valence-corrected chi connectivity index (χ1v) is 7.15. The van der Waals surface area contributed by atoms with Crippen LogP contribution in [0, 0.1) is 6.92 Å². The summed E-state index contributed by atoms with van der Waals surface area (Å²) in [6.45, 7) is 5.81. The molecule has 0 radical (unpaired) electrons. The molecule has 0 amide bonds. The van der Waals surface area contributed by atoms with E-state index in [0.29, 0.717) is 12.1 Å². The van der Waals surface area contributed by atoms with Gasteiger partial charge in [-0.15, -0.1) is 0 Å². The quantitative estimate of drug-likeness (QED) is 0.851. The van der Waals surface area contributed by atoms with Crippen LogP contribution in [0.25, 0.3) is 10.9 Å². The summed E-state index contributed by atoms with van der Waals surface area (Å²) in [5.41, 5.74) is 9.55. The van der Waals surface area contributed by atoms with Crippen LogP contribution >= 0.6 is 0 Å². The molecule has 0 aliphatic carbocycles. The Morgan fingerprint density at radius 1 is 1.40 bits per heavy atom.